The number of halogens is 1. The summed E-state index contributed by atoms with van der Waals surface area (Å²) in [6.45, 7) is 0.285. The summed E-state index contributed by atoms with van der Waals surface area (Å²) in [4.78, 5) is 12.4. The normalized spacial score (nSPS) is 14.1. The molecule has 0 saturated heterocycles. The van der Waals surface area contributed by atoms with Crippen molar-refractivity contribution in [2.45, 2.75) is 12.5 Å². The fraction of sp³-hybridized carbons (Fsp3) is 0.0909. The van der Waals surface area contributed by atoms with Gasteiger partial charge >= 0.3 is 5.97 Å². The summed E-state index contributed by atoms with van der Waals surface area (Å²) in [7, 11) is 1.59. The maximum Gasteiger partial charge on any atom is 0.336 e. The van der Waals surface area contributed by atoms with Crippen LogP contribution in [0.5, 0.6) is 23.0 Å². The van der Waals surface area contributed by atoms with Gasteiger partial charge in [-0.05, 0) is 65.2 Å². The van der Waals surface area contributed by atoms with E-state index in [0.717, 1.165) is 22.4 Å². The van der Waals surface area contributed by atoms with E-state index >= 15 is 0 Å². The highest BCUT2D eigenvalue weighted by atomic mass is 19.1. The van der Waals surface area contributed by atoms with Gasteiger partial charge in [-0.15, -0.1) is 0 Å². The zero-order valence-corrected chi connectivity index (χ0v) is 22.0. The molecule has 2 N–H and O–H groups in total. The Morgan fingerprint density at radius 2 is 1.66 bits per heavy atom. The molecule has 1 heterocycles. The third-order valence-electron chi connectivity index (χ3n) is 6.47. The van der Waals surface area contributed by atoms with Gasteiger partial charge in [0.25, 0.3) is 0 Å². The average Bonchev–Trinajstić information content (AvgIpc) is 2.99. The molecule has 0 saturated carbocycles. The van der Waals surface area contributed by atoms with Crippen LogP contribution in [0, 0.1) is 17.1 Å². The van der Waals surface area contributed by atoms with E-state index in [1.54, 1.807) is 67.8 Å². The number of carbonyl (C=O) groups excluding carboxylic acids is 1. The molecule has 0 bridgehead atoms. The Balaban J connectivity index is 1.31. The van der Waals surface area contributed by atoms with Crippen molar-refractivity contribution < 1.29 is 28.1 Å². The number of nitriles is 1. The maximum atomic E-state index is 13.1. The second kappa shape index (κ2) is 12.1. The van der Waals surface area contributed by atoms with E-state index < -0.39 is 11.9 Å². The Bertz CT molecular complexity index is 1650. The van der Waals surface area contributed by atoms with Crippen LogP contribution >= 0.6 is 0 Å². The van der Waals surface area contributed by atoms with Crippen molar-refractivity contribution in [2.75, 3.05) is 7.11 Å². The molecule has 1 unspecified atom stereocenters. The Morgan fingerprint density at radius 1 is 0.976 bits per heavy atom. The lowest BCUT2D eigenvalue weighted by atomic mass is 9.83. The SMILES string of the molecule is COc1ccc(/C=C/C(=O)Oc2ccc3c(c2)OC(N)=C(C#N)C3c2ccc(OCc3ccc(F)cc3)cc2)cc1. The second-order valence-corrected chi connectivity index (χ2v) is 9.14. The van der Waals surface area contributed by atoms with Gasteiger partial charge in [-0.2, -0.15) is 5.26 Å². The Morgan fingerprint density at radius 3 is 2.34 bits per heavy atom. The van der Waals surface area contributed by atoms with E-state index in [1.165, 1.54) is 18.2 Å². The molecule has 0 aliphatic carbocycles. The van der Waals surface area contributed by atoms with Crippen molar-refractivity contribution in [3.05, 3.63) is 137 Å². The number of nitrogens with zero attached hydrogens (tertiary/aromatic N) is 1. The van der Waals surface area contributed by atoms with Gasteiger partial charge in [0.1, 0.15) is 47.1 Å². The lowest BCUT2D eigenvalue weighted by Crippen LogP contribution is -2.21. The first-order valence-electron chi connectivity index (χ1n) is 12.7. The maximum absolute atomic E-state index is 13.1. The van der Waals surface area contributed by atoms with Gasteiger partial charge in [-0.3, -0.25) is 0 Å². The first-order valence-corrected chi connectivity index (χ1v) is 12.7. The molecular formula is C33H25FN2O5. The number of hydrogen-bond donors (Lipinski definition) is 1. The highest BCUT2D eigenvalue weighted by Crippen LogP contribution is 2.43. The molecule has 4 aromatic rings. The van der Waals surface area contributed by atoms with Crippen LogP contribution in [0.4, 0.5) is 4.39 Å². The summed E-state index contributed by atoms with van der Waals surface area (Å²) in [6, 6.07) is 27.7. The van der Waals surface area contributed by atoms with Gasteiger partial charge in [0.15, 0.2) is 0 Å². The summed E-state index contributed by atoms with van der Waals surface area (Å²) >= 11 is 0. The third kappa shape index (κ3) is 6.37. The van der Waals surface area contributed by atoms with Gasteiger partial charge in [0, 0.05) is 17.7 Å². The van der Waals surface area contributed by atoms with E-state index in [1.807, 2.05) is 24.3 Å². The summed E-state index contributed by atoms with van der Waals surface area (Å²) in [5, 5.41) is 9.86. The third-order valence-corrected chi connectivity index (χ3v) is 6.47. The zero-order valence-electron chi connectivity index (χ0n) is 22.0. The van der Waals surface area contributed by atoms with Crippen molar-refractivity contribution in [2.24, 2.45) is 5.73 Å². The summed E-state index contributed by atoms with van der Waals surface area (Å²) in [6.07, 6.45) is 2.96. The number of fused-ring (bicyclic) bond motifs is 1. The molecule has 0 radical (unpaired) electrons. The molecule has 1 aliphatic rings. The van der Waals surface area contributed by atoms with Crippen LogP contribution in [0.3, 0.4) is 0 Å². The first-order chi connectivity index (χ1) is 19.9. The van der Waals surface area contributed by atoms with E-state index in [4.69, 9.17) is 24.7 Å². The van der Waals surface area contributed by atoms with Crippen molar-refractivity contribution >= 4 is 12.0 Å². The van der Waals surface area contributed by atoms with Gasteiger partial charge in [0.05, 0.1) is 13.0 Å². The number of carbonyl (C=O) groups is 1. The first kappa shape index (κ1) is 27.0. The fourth-order valence-corrected chi connectivity index (χ4v) is 4.38. The largest absolute Gasteiger partial charge is 0.497 e. The average molecular weight is 549 g/mol. The highest BCUT2D eigenvalue weighted by Gasteiger charge is 2.31. The van der Waals surface area contributed by atoms with E-state index in [0.29, 0.717) is 17.1 Å². The van der Waals surface area contributed by atoms with Crippen LogP contribution in [-0.2, 0) is 11.4 Å². The number of esters is 1. The predicted octanol–water partition coefficient (Wildman–Crippen LogP) is 6.25. The van der Waals surface area contributed by atoms with Crippen LogP contribution in [0.25, 0.3) is 6.08 Å². The molecule has 4 aromatic carbocycles. The minimum absolute atomic E-state index is 0.0236. The van der Waals surface area contributed by atoms with Crippen molar-refractivity contribution in [1.82, 2.24) is 0 Å². The minimum atomic E-state index is -0.564. The fourth-order valence-electron chi connectivity index (χ4n) is 4.38. The molecule has 41 heavy (non-hydrogen) atoms. The number of nitrogens with two attached hydrogens (primary N) is 1. The molecule has 1 aliphatic heterocycles. The summed E-state index contributed by atoms with van der Waals surface area (Å²) < 4.78 is 35.3. The Labute approximate surface area is 236 Å². The Hall–Kier alpha value is -5.55. The standard InChI is InChI=1S/C33H25FN2O5/c1-38-25-11-4-21(5-12-25)6-17-31(37)40-27-15-16-28-30(18-27)41-33(36)29(19-35)32(28)23-7-13-26(14-8-23)39-20-22-2-9-24(34)10-3-22/h2-18,32H,20,36H2,1H3/b17-6+. The monoisotopic (exact) mass is 548 g/mol. The van der Waals surface area contributed by atoms with Gasteiger partial charge < -0.3 is 24.7 Å². The molecule has 204 valence electrons. The van der Waals surface area contributed by atoms with E-state index in [2.05, 4.69) is 6.07 Å². The molecule has 5 rings (SSSR count). The molecule has 8 heteroatoms. The van der Waals surface area contributed by atoms with Crippen LogP contribution in [-0.4, -0.2) is 13.1 Å². The van der Waals surface area contributed by atoms with Gasteiger partial charge in [-0.1, -0.05) is 42.5 Å². The molecular weight excluding hydrogens is 523 g/mol. The lowest BCUT2D eigenvalue weighted by molar-refractivity contribution is -0.128. The second-order valence-electron chi connectivity index (χ2n) is 9.14. The molecule has 0 fully saturated rings. The number of allylic oxidation sites excluding steroid dienone is 1. The zero-order chi connectivity index (χ0) is 28.8. The quantitative estimate of drug-likeness (QED) is 0.158. The molecule has 0 spiro atoms. The molecule has 0 aromatic heterocycles. The minimum Gasteiger partial charge on any atom is -0.497 e. The van der Waals surface area contributed by atoms with Gasteiger partial charge in [-0.25, -0.2) is 9.18 Å². The summed E-state index contributed by atoms with van der Waals surface area (Å²) in [5.41, 5.74) is 9.54. The van der Waals surface area contributed by atoms with Crippen molar-refractivity contribution in [3.8, 4) is 29.1 Å². The number of benzene rings is 4. The predicted molar refractivity (Wildman–Crippen MR) is 151 cm³/mol. The molecule has 0 amide bonds. The van der Waals surface area contributed by atoms with Crippen LogP contribution in [0.1, 0.15) is 28.2 Å². The lowest BCUT2D eigenvalue weighted by Gasteiger charge is -2.26. The van der Waals surface area contributed by atoms with Crippen molar-refractivity contribution in [1.29, 1.82) is 5.26 Å². The molecule has 7 nitrogen and oxygen atoms in total. The van der Waals surface area contributed by atoms with Crippen LogP contribution in [0.2, 0.25) is 0 Å². The van der Waals surface area contributed by atoms with E-state index in [9.17, 15) is 14.4 Å². The number of hydrogen-bond acceptors (Lipinski definition) is 7. The van der Waals surface area contributed by atoms with Gasteiger partial charge in [0.2, 0.25) is 5.88 Å². The number of ether oxygens (including phenoxy) is 4. The highest BCUT2D eigenvalue weighted by molar-refractivity contribution is 5.88. The summed E-state index contributed by atoms with van der Waals surface area (Å²) in [5.74, 6) is 0.603. The number of rotatable bonds is 8. The smallest absolute Gasteiger partial charge is 0.336 e. The van der Waals surface area contributed by atoms with Crippen LogP contribution in [0.15, 0.2) is 109 Å². The Kier molecular flexibility index (Phi) is 7.98. The van der Waals surface area contributed by atoms with E-state index in [-0.39, 0.29) is 29.6 Å². The number of methoxy groups -OCH3 is 1. The van der Waals surface area contributed by atoms with Crippen molar-refractivity contribution in [3.63, 3.8) is 0 Å². The topological polar surface area (TPSA) is 104 Å². The molecule has 1 atom stereocenters. The van der Waals surface area contributed by atoms with Crippen LogP contribution < -0.4 is 24.7 Å².